The van der Waals surface area contributed by atoms with Crippen LogP contribution in [0.3, 0.4) is 0 Å². The molecule has 1 atom stereocenters. The van der Waals surface area contributed by atoms with Crippen molar-refractivity contribution in [2.24, 2.45) is 0 Å². The van der Waals surface area contributed by atoms with E-state index < -0.39 is 0 Å². The molecular weight excluding hydrogens is 292 g/mol. The minimum atomic E-state index is -0.131. The number of hydrogen-bond donors (Lipinski definition) is 2. The van der Waals surface area contributed by atoms with Crippen molar-refractivity contribution in [3.63, 3.8) is 0 Å². The first kappa shape index (κ1) is 13.8. The van der Waals surface area contributed by atoms with Gasteiger partial charge in [-0.3, -0.25) is 9.59 Å². The van der Waals surface area contributed by atoms with Crippen LogP contribution >= 0.6 is 0 Å². The standard InChI is InChI=1S/C18H16N2O3/c21-17-10-12-9-11(5-6-14(12)19-17)18(22)20-15-7-8-23-16-4-2-1-3-13(15)16/h1-6,9,15H,7-8,10H2,(H,19,21)(H,20,22). The summed E-state index contributed by atoms with van der Waals surface area (Å²) in [6.45, 7) is 0.588. The molecule has 2 aromatic rings. The Morgan fingerprint density at radius 3 is 3.00 bits per heavy atom. The zero-order valence-corrected chi connectivity index (χ0v) is 12.5. The quantitative estimate of drug-likeness (QED) is 0.895. The Hall–Kier alpha value is -2.82. The molecule has 5 heteroatoms. The van der Waals surface area contributed by atoms with Crippen molar-refractivity contribution in [3.8, 4) is 5.75 Å². The molecule has 0 aliphatic carbocycles. The van der Waals surface area contributed by atoms with Crippen molar-refractivity contribution in [3.05, 3.63) is 59.2 Å². The van der Waals surface area contributed by atoms with E-state index in [2.05, 4.69) is 10.6 Å². The highest BCUT2D eigenvalue weighted by molar-refractivity contribution is 6.01. The summed E-state index contributed by atoms with van der Waals surface area (Å²) in [4.78, 5) is 24.0. The van der Waals surface area contributed by atoms with Crippen molar-refractivity contribution in [2.45, 2.75) is 18.9 Å². The van der Waals surface area contributed by atoms with Crippen LogP contribution in [0.15, 0.2) is 42.5 Å². The lowest BCUT2D eigenvalue weighted by atomic mass is 10.00. The summed E-state index contributed by atoms with van der Waals surface area (Å²) in [5.74, 6) is 0.664. The molecule has 0 saturated carbocycles. The summed E-state index contributed by atoms with van der Waals surface area (Å²) in [6.07, 6.45) is 1.07. The molecule has 116 valence electrons. The first-order valence-electron chi connectivity index (χ1n) is 7.66. The SMILES string of the molecule is O=C1Cc2cc(C(=O)NC3CCOc4ccccc43)ccc2N1. The summed E-state index contributed by atoms with van der Waals surface area (Å²) in [5.41, 5.74) is 3.24. The predicted octanol–water partition coefficient (Wildman–Crippen LogP) is 2.43. The normalized spacial score (nSPS) is 18.4. The first-order chi connectivity index (χ1) is 11.2. The molecule has 23 heavy (non-hydrogen) atoms. The molecule has 2 heterocycles. The number of nitrogens with one attached hydrogen (secondary N) is 2. The fourth-order valence-corrected chi connectivity index (χ4v) is 3.10. The molecular formula is C18H16N2O3. The average molecular weight is 308 g/mol. The fraction of sp³-hybridized carbons (Fsp3) is 0.222. The Kier molecular flexibility index (Phi) is 3.26. The van der Waals surface area contributed by atoms with E-state index in [1.807, 2.05) is 24.3 Å². The maximum atomic E-state index is 12.5. The number of benzene rings is 2. The number of amides is 2. The highest BCUT2D eigenvalue weighted by atomic mass is 16.5. The number of rotatable bonds is 2. The van der Waals surface area contributed by atoms with Crippen LogP contribution in [0, 0.1) is 0 Å². The lowest BCUT2D eigenvalue weighted by Crippen LogP contribution is -2.32. The van der Waals surface area contributed by atoms with Gasteiger partial charge in [0.15, 0.2) is 0 Å². The molecule has 2 N–H and O–H groups in total. The van der Waals surface area contributed by atoms with Gasteiger partial charge in [-0.15, -0.1) is 0 Å². The number of carbonyl (C=O) groups excluding carboxylic acids is 2. The van der Waals surface area contributed by atoms with Crippen LogP contribution in [0.4, 0.5) is 5.69 Å². The van der Waals surface area contributed by atoms with E-state index >= 15 is 0 Å². The maximum Gasteiger partial charge on any atom is 0.251 e. The molecule has 4 rings (SSSR count). The Morgan fingerprint density at radius 1 is 1.22 bits per heavy atom. The van der Waals surface area contributed by atoms with Gasteiger partial charge in [-0.05, 0) is 29.8 Å². The van der Waals surface area contributed by atoms with Crippen LogP contribution < -0.4 is 15.4 Å². The topological polar surface area (TPSA) is 67.4 Å². The third-order valence-electron chi connectivity index (χ3n) is 4.26. The molecule has 1 unspecified atom stereocenters. The van der Waals surface area contributed by atoms with Gasteiger partial charge in [0, 0.05) is 23.2 Å². The molecule has 0 radical (unpaired) electrons. The zero-order valence-electron chi connectivity index (χ0n) is 12.5. The van der Waals surface area contributed by atoms with E-state index in [9.17, 15) is 9.59 Å². The monoisotopic (exact) mass is 308 g/mol. The van der Waals surface area contributed by atoms with Gasteiger partial charge in [0.2, 0.25) is 5.91 Å². The molecule has 2 aliphatic heterocycles. The Morgan fingerprint density at radius 2 is 2.09 bits per heavy atom. The smallest absolute Gasteiger partial charge is 0.251 e. The summed E-state index contributed by atoms with van der Waals surface area (Å²) in [6, 6.07) is 13.0. The van der Waals surface area contributed by atoms with Crippen molar-refractivity contribution in [2.75, 3.05) is 11.9 Å². The summed E-state index contributed by atoms with van der Waals surface area (Å²) in [5, 5.41) is 5.84. The van der Waals surface area contributed by atoms with E-state index in [1.165, 1.54) is 0 Å². The summed E-state index contributed by atoms with van der Waals surface area (Å²) < 4.78 is 5.62. The molecule has 2 amide bonds. The Labute approximate surface area is 133 Å². The van der Waals surface area contributed by atoms with E-state index in [-0.39, 0.29) is 17.9 Å². The number of para-hydroxylation sites is 1. The second-order valence-electron chi connectivity index (χ2n) is 5.80. The van der Waals surface area contributed by atoms with Gasteiger partial charge in [-0.2, -0.15) is 0 Å². The fourth-order valence-electron chi connectivity index (χ4n) is 3.10. The second kappa shape index (κ2) is 5.43. The molecule has 5 nitrogen and oxygen atoms in total. The molecule has 2 aromatic carbocycles. The zero-order chi connectivity index (χ0) is 15.8. The summed E-state index contributed by atoms with van der Waals surface area (Å²) >= 11 is 0. The number of anilines is 1. The minimum Gasteiger partial charge on any atom is -0.493 e. The number of carbonyl (C=O) groups is 2. The molecule has 0 spiro atoms. The maximum absolute atomic E-state index is 12.5. The van der Waals surface area contributed by atoms with Gasteiger partial charge in [0.1, 0.15) is 5.75 Å². The van der Waals surface area contributed by atoms with Crippen LogP contribution in [0.2, 0.25) is 0 Å². The first-order valence-corrected chi connectivity index (χ1v) is 7.66. The molecule has 0 fully saturated rings. The van der Waals surface area contributed by atoms with Crippen molar-refractivity contribution in [1.82, 2.24) is 5.32 Å². The molecule has 0 aromatic heterocycles. The lowest BCUT2D eigenvalue weighted by Gasteiger charge is -2.26. The third kappa shape index (κ3) is 2.54. The van der Waals surface area contributed by atoms with Crippen LogP contribution in [-0.4, -0.2) is 18.4 Å². The van der Waals surface area contributed by atoms with Gasteiger partial charge in [-0.25, -0.2) is 0 Å². The van der Waals surface area contributed by atoms with Crippen LogP contribution in [0.1, 0.15) is 33.9 Å². The number of hydrogen-bond acceptors (Lipinski definition) is 3. The summed E-state index contributed by atoms with van der Waals surface area (Å²) in [7, 11) is 0. The molecule has 0 bridgehead atoms. The van der Waals surface area contributed by atoms with E-state index in [1.54, 1.807) is 18.2 Å². The predicted molar refractivity (Wildman–Crippen MR) is 85.5 cm³/mol. The van der Waals surface area contributed by atoms with Gasteiger partial charge in [0.05, 0.1) is 19.1 Å². The second-order valence-corrected chi connectivity index (χ2v) is 5.80. The van der Waals surface area contributed by atoms with E-state index in [0.717, 1.165) is 29.0 Å². The average Bonchev–Trinajstić information content (AvgIpc) is 2.94. The van der Waals surface area contributed by atoms with Gasteiger partial charge in [0.25, 0.3) is 5.91 Å². The van der Waals surface area contributed by atoms with Gasteiger partial charge < -0.3 is 15.4 Å². The van der Waals surface area contributed by atoms with Crippen molar-refractivity contribution in [1.29, 1.82) is 0 Å². The number of ether oxygens (including phenoxy) is 1. The van der Waals surface area contributed by atoms with Gasteiger partial charge in [-0.1, -0.05) is 18.2 Å². The minimum absolute atomic E-state index is 0.0316. The lowest BCUT2D eigenvalue weighted by molar-refractivity contribution is -0.115. The molecule has 0 saturated heterocycles. The largest absolute Gasteiger partial charge is 0.493 e. The van der Waals surface area contributed by atoms with Crippen LogP contribution in [0.5, 0.6) is 5.75 Å². The highest BCUT2D eigenvalue weighted by Crippen LogP contribution is 2.32. The van der Waals surface area contributed by atoms with E-state index in [4.69, 9.17) is 4.74 Å². The Balaban J connectivity index is 1.55. The Bertz CT molecular complexity index is 801. The van der Waals surface area contributed by atoms with Crippen molar-refractivity contribution >= 4 is 17.5 Å². The van der Waals surface area contributed by atoms with E-state index in [0.29, 0.717) is 18.6 Å². The molecule has 2 aliphatic rings. The number of fused-ring (bicyclic) bond motifs is 2. The van der Waals surface area contributed by atoms with Crippen LogP contribution in [0.25, 0.3) is 0 Å². The van der Waals surface area contributed by atoms with Gasteiger partial charge >= 0.3 is 0 Å². The third-order valence-corrected chi connectivity index (χ3v) is 4.26. The van der Waals surface area contributed by atoms with Crippen LogP contribution in [-0.2, 0) is 11.2 Å². The highest BCUT2D eigenvalue weighted by Gasteiger charge is 2.24. The van der Waals surface area contributed by atoms with Crippen molar-refractivity contribution < 1.29 is 14.3 Å².